The summed E-state index contributed by atoms with van der Waals surface area (Å²) in [5, 5.41) is 20.4. The van der Waals surface area contributed by atoms with E-state index in [-0.39, 0.29) is 25.4 Å². The van der Waals surface area contributed by atoms with E-state index < -0.39 is 12.0 Å². The number of methoxy groups -OCH3 is 1. The van der Waals surface area contributed by atoms with Gasteiger partial charge in [0.2, 0.25) is 0 Å². The fourth-order valence-electron chi connectivity index (χ4n) is 1.87. The number of benzene rings is 1. The average molecular weight is 281 g/mol. The number of rotatable bonds is 8. The van der Waals surface area contributed by atoms with Crippen LogP contribution in [0.4, 0.5) is 0 Å². The second kappa shape index (κ2) is 7.62. The fraction of sp³-hybridized carbons (Fsp3) is 0.429. The van der Waals surface area contributed by atoms with Crippen molar-refractivity contribution in [1.29, 1.82) is 0 Å². The molecule has 0 spiro atoms. The summed E-state index contributed by atoms with van der Waals surface area (Å²) in [6.07, 6.45) is -0.351. The normalized spacial score (nSPS) is 11.9. The Morgan fingerprint density at radius 3 is 2.65 bits per heavy atom. The second-order valence-corrected chi connectivity index (χ2v) is 4.40. The summed E-state index contributed by atoms with van der Waals surface area (Å²) >= 11 is 0. The van der Waals surface area contributed by atoms with Gasteiger partial charge in [-0.15, -0.1) is 0 Å². The van der Waals surface area contributed by atoms with E-state index >= 15 is 0 Å². The van der Waals surface area contributed by atoms with Crippen molar-refractivity contribution in [3.63, 3.8) is 0 Å². The summed E-state index contributed by atoms with van der Waals surface area (Å²) in [7, 11) is 1.45. The quantitative estimate of drug-likeness (QED) is 0.604. The van der Waals surface area contributed by atoms with Gasteiger partial charge in [0.25, 0.3) is 0 Å². The second-order valence-electron chi connectivity index (χ2n) is 4.40. The van der Waals surface area contributed by atoms with E-state index in [1.807, 2.05) is 13.0 Å². The molecular weight excluding hydrogens is 262 g/mol. The molecule has 0 aliphatic carbocycles. The summed E-state index contributed by atoms with van der Waals surface area (Å²) in [5.41, 5.74) is 1.22. The van der Waals surface area contributed by atoms with Crippen LogP contribution in [0.2, 0.25) is 0 Å². The van der Waals surface area contributed by atoms with Crippen LogP contribution >= 0.6 is 0 Å². The Morgan fingerprint density at radius 1 is 1.40 bits per heavy atom. The first-order valence-corrected chi connectivity index (χ1v) is 6.24. The molecular formula is C14H19NO5. The molecule has 1 aromatic carbocycles. The van der Waals surface area contributed by atoms with E-state index in [0.29, 0.717) is 11.3 Å². The van der Waals surface area contributed by atoms with Gasteiger partial charge in [-0.25, -0.2) is 0 Å². The van der Waals surface area contributed by atoms with Crippen molar-refractivity contribution < 1.29 is 24.5 Å². The molecule has 6 heteroatoms. The Morgan fingerprint density at radius 2 is 2.10 bits per heavy atom. The number of carbonyl (C=O) groups excluding carboxylic acids is 1. The zero-order valence-electron chi connectivity index (χ0n) is 11.5. The summed E-state index contributed by atoms with van der Waals surface area (Å²) in [4.78, 5) is 23.3. The number of aryl methyl sites for hydroxylation is 1. The van der Waals surface area contributed by atoms with Gasteiger partial charge in [0.15, 0.2) is 5.78 Å². The number of aliphatic hydroxyl groups excluding tert-OH is 1. The van der Waals surface area contributed by atoms with E-state index in [1.54, 1.807) is 12.1 Å². The lowest BCUT2D eigenvalue weighted by molar-refractivity contribution is -0.137. The van der Waals surface area contributed by atoms with Crippen molar-refractivity contribution in [2.24, 2.45) is 0 Å². The van der Waals surface area contributed by atoms with Crippen molar-refractivity contribution in [2.45, 2.75) is 19.4 Å². The van der Waals surface area contributed by atoms with Gasteiger partial charge in [0.05, 0.1) is 31.7 Å². The van der Waals surface area contributed by atoms with Crippen LogP contribution in [0, 0.1) is 6.92 Å². The Balaban J connectivity index is 3.03. The number of carboxylic acids is 1. The third-order valence-electron chi connectivity index (χ3n) is 2.82. The monoisotopic (exact) mass is 281 g/mol. The Labute approximate surface area is 117 Å². The summed E-state index contributed by atoms with van der Waals surface area (Å²) in [6.45, 7) is 1.82. The number of nitrogens with one attached hydrogen (secondary N) is 1. The Bertz CT molecular complexity index is 486. The zero-order valence-corrected chi connectivity index (χ0v) is 11.5. The topological polar surface area (TPSA) is 95.9 Å². The first kappa shape index (κ1) is 16.1. The van der Waals surface area contributed by atoms with E-state index in [9.17, 15) is 9.59 Å². The summed E-state index contributed by atoms with van der Waals surface area (Å²) < 4.78 is 5.14. The van der Waals surface area contributed by atoms with Gasteiger partial charge in [0.1, 0.15) is 5.75 Å². The number of Topliss-reactive ketones (excluding diaryl/α,β-unsaturated/α-hetero) is 1. The van der Waals surface area contributed by atoms with Crippen molar-refractivity contribution in [3.05, 3.63) is 29.3 Å². The third-order valence-corrected chi connectivity index (χ3v) is 2.82. The van der Waals surface area contributed by atoms with E-state index in [0.717, 1.165) is 5.56 Å². The van der Waals surface area contributed by atoms with Crippen LogP contribution in [0.3, 0.4) is 0 Å². The van der Waals surface area contributed by atoms with Gasteiger partial charge in [-0.1, -0.05) is 11.6 Å². The molecule has 0 saturated heterocycles. The minimum Gasteiger partial charge on any atom is -0.496 e. The van der Waals surface area contributed by atoms with E-state index in [4.69, 9.17) is 14.9 Å². The lowest BCUT2D eigenvalue weighted by Gasteiger charge is -2.17. The lowest BCUT2D eigenvalue weighted by atomic mass is 9.99. The maximum atomic E-state index is 12.4. The molecule has 110 valence electrons. The van der Waals surface area contributed by atoms with Crippen molar-refractivity contribution in [3.8, 4) is 5.75 Å². The highest BCUT2D eigenvalue weighted by atomic mass is 16.5. The lowest BCUT2D eigenvalue weighted by Crippen LogP contribution is -2.40. The Kier molecular flexibility index (Phi) is 6.14. The first-order chi connectivity index (χ1) is 9.49. The molecule has 0 radical (unpaired) electrons. The highest BCUT2D eigenvalue weighted by molar-refractivity contribution is 6.04. The van der Waals surface area contributed by atoms with Crippen LogP contribution in [-0.2, 0) is 4.79 Å². The zero-order chi connectivity index (χ0) is 15.1. The highest BCUT2D eigenvalue weighted by Crippen LogP contribution is 2.22. The van der Waals surface area contributed by atoms with Crippen molar-refractivity contribution in [1.82, 2.24) is 5.32 Å². The molecule has 0 bridgehead atoms. The number of hydrogen-bond acceptors (Lipinski definition) is 5. The molecule has 0 heterocycles. The molecule has 0 aromatic heterocycles. The van der Waals surface area contributed by atoms with Gasteiger partial charge >= 0.3 is 5.97 Å². The summed E-state index contributed by atoms with van der Waals surface area (Å²) in [5.74, 6) is -1.04. The largest absolute Gasteiger partial charge is 0.496 e. The SMILES string of the molecule is COc1ccc(C)cc1C(=O)C(CC(=O)O)NCCO. The number of carboxylic acid groups (broad SMARTS) is 1. The molecule has 1 aromatic rings. The van der Waals surface area contributed by atoms with Crippen molar-refractivity contribution in [2.75, 3.05) is 20.3 Å². The van der Waals surface area contributed by atoms with Crippen LogP contribution < -0.4 is 10.1 Å². The molecule has 3 N–H and O–H groups in total. The number of carbonyl (C=O) groups is 2. The smallest absolute Gasteiger partial charge is 0.305 e. The van der Waals surface area contributed by atoms with Gasteiger partial charge in [0, 0.05) is 6.54 Å². The number of ketones is 1. The van der Waals surface area contributed by atoms with Crippen LogP contribution in [0.25, 0.3) is 0 Å². The molecule has 20 heavy (non-hydrogen) atoms. The molecule has 1 rings (SSSR count). The fourth-order valence-corrected chi connectivity index (χ4v) is 1.87. The van der Waals surface area contributed by atoms with Crippen LogP contribution in [-0.4, -0.2) is 48.3 Å². The van der Waals surface area contributed by atoms with Crippen LogP contribution in [0.5, 0.6) is 5.75 Å². The van der Waals surface area contributed by atoms with Crippen molar-refractivity contribution >= 4 is 11.8 Å². The standard InChI is InChI=1S/C14H19NO5/c1-9-3-4-12(20-2)10(7-9)14(19)11(8-13(17)18)15-5-6-16/h3-4,7,11,15-16H,5-6,8H2,1-2H3,(H,17,18). The minimum atomic E-state index is -1.08. The first-order valence-electron chi connectivity index (χ1n) is 6.24. The van der Waals surface area contributed by atoms with Crippen LogP contribution in [0.15, 0.2) is 18.2 Å². The maximum absolute atomic E-state index is 12.4. The maximum Gasteiger partial charge on any atom is 0.305 e. The molecule has 1 atom stereocenters. The van der Waals surface area contributed by atoms with Gasteiger partial charge in [-0.05, 0) is 19.1 Å². The molecule has 0 aliphatic rings. The van der Waals surface area contributed by atoms with Crippen LogP contribution in [0.1, 0.15) is 22.3 Å². The van der Waals surface area contributed by atoms with E-state index in [2.05, 4.69) is 5.32 Å². The molecule has 6 nitrogen and oxygen atoms in total. The molecule has 0 aliphatic heterocycles. The Hall–Kier alpha value is -1.92. The predicted octanol–water partition coefficient (Wildman–Crippen LogP) is 0.612. The molecule has 1 unspecified atom stereocenters. The van der Waals surface area contributed by atoms with Gasteiger partial charge < -0.3 is 20.3 Å². The molecule has 0 saturated carbocycles. The van der Waals surface area contributed by atoms with Gasteiger partial charge in [-0.2, -0.15) is 0 Å². The number of aliphatic carboxylic acids is 1. The average Bonchev–Trinajstić information content (AvgIpc) is 2.42. The number of hydrogen-bond donors (Lipinski definition) is 3. The minimum absolute atomic E-state index is 0.151. The number of aliphatic hydroxyl groups is 1. The number of ether oxygens (including phenoxy) is 1. The predicted molar refractivity (Wildman–Crippen MR) is 73.2 cm³/mol. The third kappa shape index (κ3) is 4.32. The summed E-state index contributed by atoms with van der Waals surface area (Å²) in [6, 6.07) is 4.25. The van der Waals surface area contributed by atoms with E-state index in [1.165, 1.54) is 7.11 Å². The van der Waals surface area contributed by atoms with Gasteiger partial charge in [-0.3, -0.25) is 9.59 Å². The molecule has 0 amide bonds. The molecule has 0 fully saturated rings. The highest BCUT2D eigenvalue weighted by Gasteiger charge is 2.24.